The lowest BCUT2D eigenvalue weighted by molar-refractivity contribution is -0.143. The SMILES string of the molecule is COC(C)C(=O)N1CCCC(C(C)O)C1. The van der Waals surface area contributed by atoms with Crippen LogP contribution in [0.2, 0.25) is 0 Å². The lowest BCUT2D eigenvalue weighted by atomic mass is 9.93. The highest BCUT2D eigenvalue weighted by atomic mass is 16.5. The van der Waals surface area contributed by atoms with Crippen LogP contribution in [0.4, 0.5) is 0 Å². The largest absolute Gasteiger partial charge is 0.393 e. The van der Waals surface area contributed by atoms with E-state index in [1.54, 1.807) is 25.9 Å². The molecule has 1 aliphatic heterocycles. The molecule has 0 radical (unpaired) electrons. The first kappa shape index (κ1) is 12.5. The molecule has 0 saturated carbocycles. The molecule has 1 fully saturated rings. The van der Waals surface area contributed by atoms with Crippen LogP contribution >= 0.6 is 0 Å². The highest BCUT2D eigenvalue weighted by molar-refractivity contribution is 5.80. The van der Waals surface area contributed by atoms with Crippen LogP contribution in [0.25, 0.3) is 0 Å². The molecule has 1 aliphatic rings. The molecule has 4 nitrogen and oxygen atoms in total. The zero-order chi connectivity index (χ0) is 11.4. The number of ether oxygens (including phenoxy) is 1. The van der Waals surface area contributed by atoms with E-state index in [1.165, 1.54) is 0 Å². The van der Waals surface area contributed by atoms with Gasteiger partial charge in [-0.15, -0.1) is 0 Å². The third-order valence-electron chi connectivity index (χ3n) is 3.15. The highest BCUT2D eigenvalue weighted by Gasteiger charge is 2.28. The van der Waals surface area contributed by atoms with Gasteiger partial charge in [0.25, 0.3) is 5.91 Å². The van der Waals surface area contributed by atoms with Gasteiger partial charge in [0.15, 0.2) is 0 Å². The van der Waals surface area contributed by atoms with Crippen molar-refractivity contribution in [2.75, 3.05) is 20.2 Å². The number of carbonyl (C=O) groups is 1. The summed E-state index contributed by atoms with van der Waals surface area (Å²) in [4.78, 5) is 13.6. The maximum atomic E-state index is 11.8. The Morgan fingerprint density at radius 2 is 2.20 bits per heavy atom. The number of amides is 1. The minimum atomic E-state index is -0.377. The molecule has 0 spiro atoms. The third-order valence-corrected chi connectivity index (χ3v) is 3.15. The van der Waals surface area contributed by atoms with Crippen LogP contribution in [-0.2, 0) is 9.53 Å². The second-order valence-electron chi connectivity index (χ2n) is 4.31. The maximum Gasteiger partial charge on any atom is 0.251 e. The maximum absolute atomic E-state index is 11.8. The quantitative estimate of drug-likeness (QED) is 0.751. The van der Waals surface area contributed by atoms with Crippen molar-refractivity contribution >= 4 is 5.91 Å². The van der Waals surface area contributed by atoms with Crippen LogP contribution in [0.1, 0.15) is 26.7 Å². The molecule has 0 aromatic rings. The molecule has 0 aromatic carbocycles. The fraction of sp³-hybridized carbons (Fsp3) is 0.909. The molecule has 1 amide bonds. The average molecular weight is 215 g/mol. The molecular weight excluding hydrogens is 194 g/mol. The number of hydrogen-bond acceptors (Lipinski definition) is 3. The van der Waals surface area contributed by atoms with Crippen molar-refractivity contribution in [3.05, 3.63) is 0 Å². The molecule has 3 atom stereocenters. The van der Waals surface area contributed by atoms with Crippen LogP contribution in [-0.4, -0.2) is 48.3 Å². The Morgan fingerprint density at radius 1 is 1.53 bits per heavy atom. The summed E-state index contributed by atoms with van der Waals surface area (Å²) < 4.78 is 5.01. The Balaban J connectivity index is 2.52. The molecule has 4 heteroatoms. The number of aliphatic hydroxyl groups excluding tert-OH is 1. The lowest BCUT2D eigenvalue weighted by Crippen LogP contribution is -2.46. The number of aliphatic hydroxyl groups is 1. The minimum absolute atomic E-state index is 0.0304. The van der Waals surface area contributed by atoms with Crippen LogP contribution in [0.3, 0.4) is 0 Å². The van der Waals surface area contributed by atoms with E-state index in [0.717, 1.165) is 19.4 Å². The smallest absolute Gasteiger partial charge is 0.251 e. The predicted octanol–water partition coefficient (Wildman–Crippen LogP) is 0.641. The number of piperidine rings is 1. The van der Waals surface area contributed by atoms with Crippen molar-refractivity contribution < 1.29 is 14.6 Å². The van der Waals surface area contributed by atoms with Gasteiger partial charge in [-0.1, -0.05) is 0 Å². The molecule has 1 rings (SSSR count). The molecule has 88 valence electrons. The summed E-state index contributed by atoms with van der Waals surface area (Å²) >= 11 is 0. The zero-order valence-electron chi connectivity index (χ0n) is 9.77. The molecule has 0 aromatic heterocycles. The third kappa shape index (κ3) is 3.18. The summed E-state index contributed by atoms with van der Waals surface area (Å²) in [6.07, 6.45) is 1.26. The normalized spacial score (nSPS) is 26.1. The van der Waals surface area contributed by atoms with Crippen molar-refractivity contribution in [1.82, 2.24) is 4.90 Å². The minimum Gasteiger partial charge on any atom is -0.393 e. The number of hydrogen-bond donors (Lipinski definition) is 1. The molecule has 3 unspecified atom stereocenters. The fourth-order valence-electron chi connectivity index (χ4n) is 1.96. The van der Waals surface area contributed by atoms with E-state index in [1.807, 2.05) is 0 Å². The number of rotatable bonds is 3. The van der Waals surface area contributed by atoms with Crippen molar-refractivity contribution in [3.8, 4) is 0 Å². The second kappa shape index (κ2) is 5.47. The monoisotopic (exact) mass is 215 g/mol. The molecule has 1 N–H and O–H groups in total. The van der Waals surface area contributed by atoms with E-state index < -0.39 is 0 Å². The van der Waals surface area contributed by atoms with Crippen molar-refractivity contribution in [2.45, 2.75) is 38.9 Å². The zero-order valence-corrected chi connectivity index (χ0v) is 9.77. The lowest BCUT2D eigenvalue weighted by Gasteiger charge is -2.35. The first-order valence-corrected chi connectivity index (χ1v) is 5.56. The Bertz CT molecular complexity index is 218. The van der Waals surface area contributed by atoms with Crippen LogP contribution in [0.15, 0.2) is 0 Å². The van der Waals surface area contributed by atoms with Gasteiger partial charge in [-0.25, -0.2) is 0 Å². The first-order chi connectivity index (χ1) is 7.06. The van der Waals surface area contributed by atoms with Gasteiger partial charge in [-0.05, 0) is 26.7 Å². The molecule has 0 bridgehead atoms. The number of nitrogens with zero attached hydrogens (tertiary/aromatic N) is 1. The number of methoxy groups -OCH3 is 1. The summed E-state index contributed by atoms with van der Waals surface area (Å²) in [5, 5.41) is 9.50. The van der Waals surface area contributed by atoms with E-state index in [0.29, 0.717) is 6.54 Å². The molecule has 1 saturated heterocycles. The van der Waals surface area contributed by atoms with Gasteiger partial charge < -0.3 is 14.7 Å². The Morgan fingerprint density at radius 3 is 2.73 bits per heavy atom. The molecular formula is C11H21NO3. The fourth-order valence-corrected chi connectivity index (χ4v) is 1.96. The summed E-state index contributed by atoms with van der Waals surface area (Å²) in [5.41, 5.74) is 0. The predicted molar refractivity (Wildman–Crippen MR) is 57.5 cm³/mol. The molecule has 1 heterocycles. The van der Waals surface area contributed by atoms with Gasteiger partial charge in [0.05, 0.1) is 6.10 Å². The summed E-state index contributed by atoms with van der Waals surface area (Å²) in [6, 6.07) is 0. The van der Waals surface area contributed by atoms with Crippen molar-refractivity contribution in [2.24, 2.45) is 5.92 Å². The van der Waals surface area contributed by atoms with E-state index in [9.17, 15) is 9.90 Å². The van der Waals surface area contributed by atoms with Gasteiger partial charge in [0, 0.05) is 26.1 Å². The molecule has 15 heavy (non-hydrogen) atoms. The van der Waals surface area contributed by atoms with Gasteiger partial charge >= 0.3 is 0 Å². The Hall–Kier alpha value is -0.610. The van der Waals surface area contributed by atoms with Gasteiger partial charge in [-0.3, -0.25) is 4.79 Å². The van der Waals surface area contributed by atoms with E-state index in [2.05, 4.69) is 0 Å². The summed E-state index contributed by atoms with van der Waals surface area (Å²) in [7, 11) is 1.54. The first-order valence-electron chi connectivity index (χ1n) is 5.56. The topological polar surface area (TPSA) is 49.8 Å². The van der Waals surface area contributed by atoms with Gasteiger partial charge in [-0.2, -0.15) is 0 Å². The Labute approximate surface area is 91.2 Å². The van der Waals surface area contributed by atoms with Gasteiger partial charge in [0.2, 0.25) is 0 Å². The van der Waals surface area contributed by atoms with E-state index in [4.69, 9.17) is 4.74 Å². The highest BCUT2D eigenvalue weighted by Crippen LogP contribution is 2.20. The van der Waals surface area contributed by atoms with E-state index in [-0.39, 0.29) is 24.0 Å². The standard InChI is InChI=1S/C11H21NO3/c1-8(13)10-5-4-6-12(7-10)11(14)9(2)15-3/h8-10,13H,4-7H2,1-3H3. The number of likely N-dealkylation sites (tertiary alicyclic amines) is 1. The van der Waals surface area contributed by atoms with E-state index >= 15 is 0 Å². The van der Waals surface area contributed by atoms with Crippen LogP contribution in [0, 0.1) is 5.92 Å². The van der Waals surface area contributed by atoms with Crippen molar-refractivity contribution in [3.63, 3.8) is 0 Å². The molecule has 0 aliphatic carbocycles. The summed E-state index contributed by atoms with van der Waals surface area (Å²) in [5.74, 6) is 0.245. The number of carbonyl (C=O) groups excluding carboxylic acids is 1. The summed E-state index contributed by atoms with van der Waals surface area (Å²) in [6.45, 7) is 4.99. The Kier molecular flexibility index (Phi) is 4.54. The second-order valence-corrected chi connectivity index (χ2v) is 4.31. The van der Waals surface area contributed by atoms with Crippen LogP contribution in [0.5, 0.6) is 0 Å². The van der Waals surface area contributed by atoms with Gasteiger partial charge in [0.1, 0.15) is 6.10 Å². The average Bonchev–Trinajstić information content (AvgIpc) is 2.27. The van der Waals surface area contributed by atoms with Crippen molar-refractivity contribution in [1.29, 1.82) is 0 Å². The van der Waals surface area contributed by atoms with Crippen LogP contribution < -0.4 is 0 Å².